The minimum atomic E-state index is -0.635. The van der Waals surface area contributed by atoms with Crippen molar-refractivity contribution >= 4 is 34.2 Å². The van der Waals surface area contributed by atoms with E-state index in [2.05, 4.69) is 10.3 Å². The molecule has 0 spiro atoms. The van der Waals surface area contributed by atoms with E-state index in [0.29, 0.717) is 16.4 Å². The Labute approximate surface area is 176 Å². The van der Waals surface area contributed by atoms with E-state index in [1.165, 1.54) is 6.20 Å². The lowest BCUT2D eigenvalue weighted by atomic mass is 10.1. The molecule has 0 fully saturated rings. The first kappa shape index (κ1) is 19.7. The third-order valence-corrected chi connectivity index (χ3v) is 5.25. The normalized spacial score (nSPS) is 11.0. The molecule has 0 radical (unpaired) electrons. The maximum atomic E-state index is 13.1. The molecule has 2 N–H and O–H groups in total. The van der Waals surface area contributed by atoms with Crippen LogP contribution in [-0.2, 0) is 13.5 Å². The summed E-state index contributed by atoms with van der Waals surface area (Å²) in [6.07, 6.45) is 2.30. The van der Waals surface area contributed by atoms with Gasteiger partial charge in [0, 0.05) is 24.0 Å². The molecule has 152 valence electrons. The van der Waals surface area contributed by atoms with E-state index >= 15 is 0 Å². The summed E-state index contributed by atoms with van der Waals surface area (Å²) in [4.78, 5) is 41.5. The molecule has 0 atom stereocenters. The molecule has 2 aromatic heterocycles. The van der Waals surface area contributed by atoms with Crippen molar-refractivity contribution in [3.8, 4) is 5.69 Å². The molecule has 1 amide bonds. The number of para-hydroxylation sites is 1. The Hall–Kier alpha value is -3.58. The van der Waals surface area contributed by atoms with Crippen LogP contribution in [0.25, 0.3) is 16.7 Å². The number of aryl methyl sites for hydroxylation is 2. The van der Waals surface area contributed by atoms with Crippen molar-refractivity contribution in [2.45, 2.75) is 13.3 Å². The van der Waals surface area contributed by atoms with Gasteiger partial charge >= 0.3 is 5.69 Å². The van der Waals surface area contributed by atoms with Crippen LogP contribution in [-0.4, -0.2) is 20.0 Å². The smallest absolute Gasteiger partial charge is 0.333 e. The Kier molecular flexibility index (Phi) is 5.05. The zero-order valence-corrected chi connectivity index (χ0v) is 17.2. The zero-order chi connectivity index (χ0) is 21.4. The Bertz CT molecular complexity index is 1380. The highest BCUT2D eigenvalue weighted by Gasteiger charge is 2.20. The molecular formula is C22H19ClN4O3. The van der Waals surface area contributed by atoms with E-state index in [9.17, 15) is 14.4 Å². The van der Waals surface area contributed by atoms with Gasteiger partial charge in [0.1, 0.15) is 5.52 Å². The van der Waals surface area contributed by atoms with Gasteiger partial charge in [-0.05, 0) is 42.3 Å². The standard InChI is InChI=1S/C22H19ClN4O3/c1-3-13-6-4-5-7-17(13)24-20(28)16-12-26(2)19-18(16)25-22(30)27(21(19)29)15-10-8-14(23)9-11-15/h4-12H,3H2,1-2H3,(H,24,28)(H,25,30). The topological polar surface area (TPSA) is 88.9 Å². The number of benzene rings is 2. The highest BCUT2D eigenvalue weighted by atomic mass is 35.5. The number of aromatic nitrogens is 3. The molecule has 0 aliphatic heterocycles. The molecule has 2 aromatic carbocycles. The van der Waals surface area contributed by atoms with Crippen LogP contribution in [0.3, 0.4) is 0 Å². The predicted molar refractivity (Wildman–Crippen MR) is 118 cm³/mol. The number of fused-ring (bicyclic) bond motifs is 1. The van der Waals surface area contributed by atoms with Crippen molar-refractivity contribution < 1.29 is 4.79 Å². The lowest BCUT2D eigenvalue weighted by molar-refractivity contribution is 0.102. The largest absolute Gasteiger partial charge is 0.344 e. The quantitative estimate of drug-likeness (QED) is 0.527. The fourth-order valence-corrected chi connectivity index (χ4v) is 3.63. The minimum absolute atomic E-state index is 0.198. The third kappa shape index (κ3) is 3.33. The first-order chi connectivity index (χ1) is 14.4. The fourth-order valence-electron chi connectivity index (χ4n) is 3.51. The van der Waals surface area contributed by atoms with Crippen LogP contribution >= 0.6 is 11.6 Å². The number of amides is 1. The van der Waals surface area contributed by atoms with Crippen LogP contribution in [0.5, 0.6) is 0 Å². The van der Waals surface area contributed by atoms with Gasteiger partial charge < -0.3 is 14.9 Å². The molecule has 0 aliphatic rings. The number of carbonyl (C=O) groups excluding carboxylic acids is 1. The second kappa shape index (κ2) is 7.68. The van der Waals surface area contributed by atoms with Gasteiger partial charge in [-0.25, -0.2) is 9.36 Å². The van der Waals surface area contributed by atoms with Crippen molar-refractivity contribution in [1.29, 1.82) is 0 Å². The van der Waals surface area contributed by atoms with E-state index in [1.54, 1.807) is 35.9 Å². The van der Waals surface area contributed by atoms with E-state index in [-0.39, 0.29) is 16.6 Å². The van der Waals surface area contributed by atoms with Crippen molar-refractivity contribution in [2.75, 3.05) is 5.32 Å². The summed E-state index contributed by atoms with van der Waals surface area (Å²) < 4.78 is 2.56. The maximum absolute atomic E-state index is 13.1. The molecule has 8 heteroatoms. The zero-order valence-electron chi connectivity index (χ0n) is 16.4. The Morgan fingerprint density at radius 2 is 1.80 bits per heavy atom. The van der Waals surface area contributed by atoms with Crippen LogP contribution in [0.1, 0.15) is 22.8 Å². The van der Waals surface area contributed by atoms with Crippen molar-refractivity contribution in [3.05, 3.63) is 91.7 Å². The third-order valence-electron chi connectivity index (χ3n) is 5.00. The number of nitrogens with zero attached hydrogens (tertiary/aromatic N) is 2. The molecule has 0 saturated carbocycles. The first-order valence-corrected chi connectivity index (χ1v) is 9.78. The molecule has 4 rings (SSSR count). The van der Waals surface area contributed by atoms with Gasteiger partial charge in [-0.3, -0.25) is 9.59 Å². The van der Waals surface area contributed by atoms with Crippen LogP contribution < -0.4 is 16.6 Å². The van der Waals surface area contributed by atoms with E-state index in [0.717, 1.165) is 16.6 Å². The van der Waals surface area contributed by atoms with Crippen molar-refractivity contribution in [1.82, 2.24) is 14.1 Å². The number of carbonyl (C=O) groups is 1. The number of nitrogens with one attached hydrogen (secondary N) is 2. The number of aromatic amines is 1. The second-order valence-electron chi connectivity index (χ2n) is 6.89. The molecule has 4 aromatic rings. The molecule has 0 aliphatic carbocycles. The van der Waals surface area contributed by atoms with E-state index in [1.807, 2.05) is 31.2 Å². The lowest BCUT2D eigenvalue weighted by Crippen LogP contribution is -2.34. The summed E-state index contributed by atoms with van der Waals surface area (Å²) in [5.41, 5.74) is 1.55. The average Bonchev–Trinajstić information content (AvgIpc) is 3.06. The Morgan fingerprint density at radius 1 is 1.10 bits per heavy atom. The molecule has 0 bridgehead atoms. The van der Waals surface area contributed by atoms with Crippen molar-refractivity contribution in [2.24, 2.45) is 7.05 Å². The van der Waals surface area contributed by atoms with Crippen LogP contribution in [0.15, 0.2) is 64.3 Å². The molecule has 30 heavy (non-hydrogen) atoms. The molecule has 0 unspecified atom stereocenters. The molecular weight excluding hydrogens is 404 g/mol. The van der Waals surface area contributed by atoms with Gasteiger partial charge in [-0.15, -0.1) is 0 Å². The van der Waals surface area contributed by atoms with Gasteiger partial charge in [0.15, 0.2) is 0 Å². The first-order valence-electron chi connectivity index (χ1n) is 9.40. The number of halogens is 1. The number of anilines is 1. The average molecular weight is 423 g/mol. The monoisotopic (exact) mass is 422 g/mol. The second-order valence-corrected chi connectivity index (χ2v) is 7.33. The van der Waals surface area contributed by atoms with Gasteiger partial charge in [-0.2, -0.15) is 0 Å². The maximum Gasteiger partial charge on any atom is 0.333 e. The number of hydrogen-bond donors (Lipinski definition) is 2. The Morgan fingerprint density at radius 3 is 2.50 bits per heavy atom. The summed E-state index contributed by atoms with van der Waals surface area (Å²) >= 11 is 5.90. The van der Waals surface area contributed by atoms with Gasteiger partial charge in [0.05, 0.1) is 16.8 Å². The number of hydrogen-bond acceptors (Lipinski definition) is 3. The molecule has 2 heterocycles. The highest BCUT2D eigenvalue weighted by molar-refractivity contribution is 6.30. The number of rotatable bonds is 4. The lowest BCUT2D eigenvalue weighted by Gasteiger charge is -2.09. The Balaban J connectivity index is 1.84. The number of H-pyrrole nitrogens is 1. The van der Waals surface area contributed by atoms with Crippen LogP contribution in [0.4, 0.5) is 5.69 Å². The van der Waals surface area contributed by atoms with E-state index < -0.39 is 17.2 Å². The highest BCUT2D eigenvalue weighted by Crippen LogP contribution is 2.20. The summed E-state index contributed by atoms with van der Waals surface area (Å²) in [6, 6.07) is 13.9. The van der Waals surface area contributed by atoms with Gasteiger partial charge in [0.2, 0.25) is 0 Å². The molecule has 0 saturated heterocycles. The predicted octanol–water partition coefficient (Wildman–Crippen LogP) is 3.49. The summed E-state index contributed by atoms with van der Waals surface area (Å²) in [6.45, 7) is 2.00. The van der Waals surface area contributed by atoms with Gasteiger partial charge in [-0.1, -0.05) is 36.7 Å². The molecule has 7 nitrogen and oxygen atoms in total. The van der Waals surface area contributed by atoms with E-state index in [4.69, 9.17) is 11.6 Å². The summed E-state index contributed by atoms with van der Waals surface area (Å²) in [7, 11) is 1.66. The SMILES string of the molecule is CCc1ccccc1NC(=O)c1cn(C)c2c(=O)n(-c3ccc(Cl)cc3)c(=O)[nH]c12. The minimum Gasteiger partial charge on any atom is -0.344 e. The van der Waals surface area contributed by atoms with Gasteiger partial charge in [0.25, 0.3) is 11.5 Å². The van der Waals surface area contributed by atoms with Crippen LogP contribution in [0, 0.1) is 0 Å². The summed E-state index contributed by atoms with van der Waals surface area (Å²) in [5, 5.41) is 3.37. The summed E-state index contributed by atoms with van der Waals surface area (Å²) in [5.74, 6) is -0.402. The fraction of sp³-hybridized carbons (Fsp3) is 0.136. The van der Waals surface area contributed by atoms with Crippen LogP contribution in [0.2, 0.25) is 5.02 Å². The van der Waals surface area contributed by atoms with Crippen molar-refractivity contribution in [3.63, 3.8) is 0 Å².